The number of hydroxylamine groups is 2. The second-order valence-electron chi connectivity index (χ2n) is 3.52. The third-order valence-electron chi connectivity index (χ3n) is 2.46. The molecule has 86 valence electrons. The van der Waals surface area contributed by atoms with Crippen molar-refractivity contribution in [2.75, 3.05) is 26.0 Å². The highest BCUT2D eigenvalue weighted by atomic mass is 16.7. The Morgan fingerprint density at radius 2 is 2.38 bits per heavy atom. The van der Waals surface area contributed by atoms with Gasteiger partial charge < -0.3 is 10.5 Å². The molecule has 0 aromatic heterocycles. The van der Waals surface area contributed by atoms with Crippen LogP contribution >= 0.6 is 0 Å². The number of nitrogens with two attached hydrogens (primary N) is 1. The maximum atomic E-state index is 12.0. The summed E-state index contributed by atoms with van der Waals surface area (Å²) in [7, 11) is 1.49. The molecule has 1 aliphatic heterocycles. The molecule has 0 atom stereocenters. The highest BCUT2D eigenvalue weighted by Gasteiger charge is 2.24. The van der Waals surface area contributed by atoms with Crippen molar-refractivity contribution in [3.05, 3.63) is 23.8 Å². The summed E-state index contributed by atoms with van der Waals surface area (Å²) in [4.78, 5) is 17.2. The Bertz CT molecular complexity index is 400. The van der Waals surface area contributed by atoms with Gasteiger partial charge in [-0.2, -0.15) is 0 Å². The standard InChI is InChI=1S/C11H14N2O3/c1-15-10-8(4-2-5-9(10)12)11(14)13-6-3-7-16-13/h2,4-5H,3,6-7,12H2,1H3. The summed E-state index contributed by atoms with van der Waals surface area (Å²) in [6, 6.07) is 5.10. The van der Waals surface area contributed by atoms with Crippen molar-refractivity contribution < 1.29 is 14.4 Å². The minimum Gasteiger partial charge on any atom is -0.494 e. The topological polar surface area (TPSA) is 64.8 Å². The van der Waals surface area contributed by atoms with Crippen molar-refractivity contribution in [3.8, 4) is 5.75 Å². The zero-order valence-electron chi connectivity index (χ0n) is 9.10. The number of benzene rings is 1. The zero-order chi connectivity index (χ0) is 11.5. The predicted molar refractivity (Wildman–Crippen MR) is 59.0 cm³/mol. The van der Waals surface area contributed by atoms with Gasteiger partial charge in [-0.25, -0.2) is 5.06 Å². The predicted octanol–water partition coefficient (Wildman–Crippen LogP) is 1.05. The van der Waals surface area contributed by atoms with Crippen molar-refractivity contribution in [3.63, 3.8) is 0 Å². The highest BCUT2D eigenvalue weighted by molar-refractivity contribution is 5.98. The smallest absolute Gasteiger partial charge is 0.281 e. The van der Waals surface area contributed by atoms with Gasteiger partial charge in [-0.05, 0) is 18.6 Å². The van der Waals surface area contributed by atoms with E-state index in [0.717, 1.165) is 6.42 Å². The van der Waals surface area contributed by atoms with Gasteiger partial charge in [0.05, 0.1) is 31.5 Å². The molecule has 1 fully saturated rings. The second kappa shape index (κ2) is 4.40. The largest absolute Gasteiger partial charge is 0.494 e. The van der Waals surface area contributed by atoms with Crippen LogP contribution in [0.4, 0.5) is 5.69 Å². The molecule has 2 N–H and O–H groups in total. The molecule has 1 aromatic carbocycles. The van der Waals surface area contributed by atoms with Crippen molar-refractivity contribution in [2.45, 2.75) is 6.42 Å². The first-order valence-electron chi connectivity index (χ1n) is 5.11. The molecule has 1 heterocycles. The number of nitrogens with zero attached hydrogens (tertiary/aromatic N) is 1. The van der Waals surface area contributed by atoms with E-state index in [-0.39, 0.29) is 5.91 Å². The summed E-state index contributed by atoms with van der Waals surface area (Å²) in [5.74, 6) is 0.199. The van der Waals surface area contributed by atoms with Gasteiger partial charge in [-0.15, -0.1) is 0 Å². The Kier molecular flexibility index (Phi) is 2.96. The Balaban J connectivity index is 2.31. The Morgan fingerprint density at radius 3 is 3.00 bits per heavy atom. The fourth-order valence-electron chi connectivity index (χ4n) is 1.69. The van der Waals surface area contributed by atoms with Crippen LogP contribution in [-0.2, 0) is 4.84 Å². The van der Waals surface area contributed by atoms with Crippen molar-refractivity contribution in [2.24, 2.45) is 0 Å². The van der Waals surface area contributed by atoms with E-state index in [2.05, 4.69) is 0 Å². The van der Waals surface area contributed by atoms with Crippen molar-refractivity contribution >= 4 is 11.6 Å². The third kappa shape index (κ3) is 1.81. The lowest BCUT2D eigenvalue weighted by Gasteiger charge is -2.16. The number of nitrogen functional groups attached to an aromatic ring is 1. The number of hydrogen-bond acceptors (Lipinski definition) is 4. The molecule has 1 amide bonds. The van der Waals surface area contributed by atoms with Crippen LogP contribution < -0.4 is 10.5 Å². The molecule has 0 unspecified atom stereocenters. The minimum atomic E-state index is -0.207. The number of methoxy groups -OCH3 is 1. The van der Waals surface area contributed by atoms with Crippen LogP contribution in [0.5, 0.6) is 5.75 Å². The molecule has 5 nitrogen and oxygen atoms in total. The van der Waals surface area contributed by atoms with Gasteiger partial charge in [0.25, 0.3) is 5.91 Å². The maximum Gasteiger partial charge on any atom is 0.281 e. The molecule has 1 aliphatic rings. The van der Waals surface area contributed by atoms with Gasteiger partial charge in [-0.3, -0.25) is 9.63 Å². The number of para-hydroxylation sites is 1. The van der Waals surface area contributed by atoms with Crippen LogP contribution in [0.15, 0.2) is 18.2 Å². The number of carbonyl (C=O) groups excluding carboxylic acids is 1. The van der Waals surface area contributed by atoms with Gasteiger partial charge in [-0.1, -0.05) is 6.07 Å². The molecule has 0 spiro atoms. The quantitative estimate of drug-likeness (QED) is 0.760. The van der Waals surface area contributed by atoms with E-state index in [4.69, 9.17) is 15.3 Å². The first-order chi connectivity index (χ1) is 7.74. The number of rotatable bonds is 2. The number of amides is 1. The van der Waals surface area contributed by atoms with E-state index in [1.807, 2.05) is 0 Å². The Morgan fingerprint density at radius 1 is 1.56 bits per heavy atom. The van der Waals surface area contributed by atoms with Crippen LogP contribution in [0.3, 0.4) is 0 Å². The van der Waals surface area contributed by atoms with Crippen LogP contribution in [-0.4, -0.2) is 31.2 Å². The summed E-state index contributed by atoms with van der Waals surface area (Å²) in [6.45, 7) is 1.19. The number of ether oxygens (including phenoxy) is 1. The van der Waals surface area contributed by atoms with Crippen molar-refractivity contribution in [1.82, 2.24) is 5.06 Å². The van der Waals surface area contributed by atoms with Gasteiger partial charge in [0.15, 0.2) is 5.75 Å². The first-order valence-corrected chi connectivity index (χ1v) is 5.11. The summed E-state index contributed by atoms with van der Waals surface area (Å²) in [5.41, 5.74) is 6.62. The van der Waals surface area contributed by atoms with Crippen LogP contribution in [0, 0.1) is 0 Å². The molecule has 0 saturated carbocycles. The molecule has 1 saturated heterocycles. The van der Waals surface area contributed by atoms with Crippen LogP contribution in [0.2, 0.25) is 0 Å². The molecule has 0 aliphatic carbocycles. The van der Waals surface area contributed by atoms with Gasteiger partial charge in [0.2, 0.25) is 0 Å². The normalized spacial score (nSPS) is 15.2. The maximum absolute atomic E-state index is 12.0. The lowest BCUT2D eigenvalue weighted by molar-refractivity contribution is -0.0769. The van der Waals surface area contributed by atoms with Gasteiger partial charge in [0.1, 0.15) is 0 Å². The average Bonchev–Trinajstić information content (AvgIpc) is 2.81. The van der Waals surface area contributed by atoms with E-state index in [1.54, 1.807) is 18.2 Å². The van der Waals surface area contributed by atoms with Gasteiger partial charge in [0, 0.05) is 0 Å². The third-order valence-corrected chi connectivity index (χ3v) is 2.46. The molecular formula is C11H14N2O3. The molecule has 16 heavy (non-hydrogen) atoms. The summed E-state index contributed by atoms with van der Waals surface area (Å²) in [6.07, 6.45) is 0.858. The van der Waals surface area contributed by atoms with Crippen LogP contribution in [0.1, 0.15) is 16.8 Å². The number of hydrogen-bond donors (Lipinski definition) is 1. The lowest BCUT2D eigenvalue weighted by atomic mass is 10.1. The van der Waals surface area contributed by atoms with E-state index in [1.165, 1.54) is 12.2 Å². The molecular weight excluding hydrogens is 208 g/mol. The number of anilines is 1. The van der Waals surface area contributed by atoms with Crippen molar-refractivity contribution in [1.29, 1.82) is 0 Å². The number of carbonyl (C=O) groups is 1. The molecule has 0 bridgehead atoms. The fourth-order valence-corrected chi connectivity index (χ4v) is 1.69. The summed E-state index contributed by atoms with van der Waals surface area (Å²) < 4.78 is 5.13. The van der Waals surface area contributed by atoms with E-state index < -0.39 is 0 Å². The molecule has 5 heteroatoms. The Labute approximate surface area is 93.7 Å². The van der Waals surface area contributed by atoms with E-state index >= 15 is 0 Å². The first kappa shape index (κ1) is 10.8. The lowest BCUT2D eigenvalue weighted by Crippen LogP contribution is -2.27. The molecule has 1 aromatic rings. The monoisotopic (exact) mass is 222 g/mol. The van der Waals surface area contributed by atoms with E-state index in [9.17, 15) is 4.79 Å². The van der Waals surface area contributed by atoms with E-state index in [0.29, 0.717) is 30.2 Å². The zero-order valence-corrected chi connectivity index (χ0v) is 9.10. The molecule has 0 radical (unpaired) electrons. The van der Waals surface area contributed by atoms with Gasteiger partial charge >= 0.3 is 0 Å². The SMILES string of the molecule is COc1c(N)cccc1C(=O)N1CCCO1. The Hall–Kier alpha value is -1.75. The average molecular weight is 222 g/mol. The highest BCUT2D eigenvalue weighted by Crippen LogP contribution is 2.27. The van der Waals surface area contributed by atoms with Crippen LogP contribution in [0.25, 0.3) is 0 Å². The molecule has 2 rings (SSSR count). The minimum absolute atomic E-state index is 0.207. The summed E-state index contributed by atoms with van der Waals surface area (Å²) >= 11 is 0. The fraction of sp³-hybridized carbons (Fsp3) is 0.364. The second-order valence-corrected chi connectivity index (χ2v) is 3.52. The summed E-state index contributed by atoms with van der Waals surface area (Å²) in [5, 5.41) is 1.34.